The normalized spacial score (nSPS) is 13.8. The molecule has 0 N–H and O–H groups in total. The highest BCUT2D eigenvalue weighted by atomic mass is 28.2. The second kappa shape index (κ2) is 14.4. The van der Waals surface area contributed by atoms with Gasteiger partial charge in [0, 0.05) is 26.4 Å². The summed E-state index contributed by atoms with van der Waals surface area (Å²) in [7, 11) is -0.689. The molecule has 0 bridgehead atoms. The summed E-state index contributed by atoms with van der Waals surface area (Å²) >= 11 is 0. The van der Waals surface area contributed by atoms with Crippen LogP contribution in [0.15, 0.2) is 0 Å². The first-order valence-corrected chi connectivity index (χ1v) is 13.4. The van der Waals surface area contributed by atoms with Gasteiger partial charge in [-0.15, -0.1) is 0 Å². The summed E-state index contributed by atoms with van der Waals surface area (Å²) in [4.78, 5) is 0. The predicted octanol–water partition coefficient (Wildman–Crippen LogP) is 3.21. The topological polar surface area (TPSA) is 36.9 Å². The van der Waals surface area contributed by atoms with Gasteiger partial charge in [-0.25, -0.2) is 0 Å². The molecule has 0 aromatic heterocycles. The van der Waals surface area contributed by atoms with Gasteiger partial charge >= 0.3 is 0 Å². The van der Waals surface area contributed by atoms with Gasteiger partial charge in [0.2, 0.25) is 0 Å². The molecular formula is C18H42O4Si2. The van der Waals surface area contributed by atoms with Gasteiger partial charge in [0.1, 0.15) is 10.8 Å². The first-order chi connectivity index (χ1) is 11.4. The van der Waals surface area contributed by atoms with E-state index in [1.807, 2.05) is 27.7 Å². The standard InChI is InChI=1S/C18H42O4Si2/c1-7-19-17(5,20-8-2)23-15-13-11-12-14-16-24-18(6,21-9-3)22-10-4/h7-16,23-24H2,1-6H3. The van der Waals surface area contributed by atoms with Gasteiger partial charge in [-0.05, 0) is 41.5 Å². The lowest BCUT2D eigenvalue weighted by Crippen LogP contribution is -2.39. The summed E-state index contributed by atoms with van der Waals surface area (Å²) in [5, 5.41) is 0. The molecule has 6 heteroatoms. The van der Waals surface area contributed by atoms with Crippen molar-refractivity contribution in [1.82, 2.24) is 0 Å². The van der Waals surface area contributed by atoms with Crippen molar-refractivity contribution in [3.8, 4) is 0 Å². The Morgan fingerprint density at radius 1 is 0.542 bits per heavy atom. The van der Waals surface area contributed by atoms with E-state index in [4.69, 9.17) is 18.9 Å². The van der Waals surface area contributed by atoms with Crippen LogP contribution in [-0.2, 0) is 18.9 Å². The van der Waals surface area contributed by atoms with Crippen LogP contribution in [0, 0.1) is 0 Å². The lowest BCUT2D eigenvalue weighted by Gasteiger charge is -2.29. The number of ether oxygens (including phenoxy) is 4. The van der Waals surface area contributed by atoms with E-state index >= 15 is 0 Å². The first kappa shape index (κ1) is 24.3. The summed E-state index contributed by atoms with van der Waals surface area (Å²) in [5.41, 5.74) is -0.513. The average Bonchev–Trinajstić information content (AvgIpc) is 2.51. The highest BCUT2D eigenvalue weighted by molar-refractivity contribution is 6.39. The zero-order valence-corrected chi connectivity index (χ0v) is 19.9. The molecule has 0 heterocycles. The van der Waals surface area contributed by atoms with Crippen molar-refractivity contribution in [2.45, 2.75) is 90.1 Å². The SMILES string of the molecule is CCOC(C)(OCC)[SiH2]CCCCCC[SiH2]C(C)(OCC)OCC. The molecule has 0 atom stereocenters. The Morgan fingerprint density at radius 3 is 1.08 bits per heavy atom. The Balaban J connectivity index is 3.76. The van der Waals surface area contributed by atoms with E-state index < -0.39 is 0 Å². The van der Waals surface area contributed by atoms with Gasteiger partial charge in [0.05, 0.1) is 19.0 Å². The highest BCUT2D eigenvalue weighted by Crippen LogP contribution is 2.17. The first-order valence-electron chi connectivity index (χ1n) is 10.0. The molecule has 0 amide bonds. The van der Waals surface area contributed by atoms with Gasteiger partial charge < -0.3 is 18.9 Å². The molecule has 0 spiro atoms. The molecule has 0 aliphatic rings. The van der Waals surface area contributed by atoms with E-state index in [0.29, 0.717) is 0 Å². The van der Waals surface area contributed by atoms with Crippen molar-refractivity contribution < 1.29 is 18.9 Å². The third-order valence-corrected chi connectivity index (χ3v) is 8.65. The van der Waals surface area contributed by atoms with Crippen molar-refractivity contribution in [1.29, 1.82) is 0 Å². The summed E-state index contributed by atoms with van der Waals surface area (Å²) in [5.74, 6) is 0. The lowest BCUT2D eigenvalue weighted by atomic mass is 10.2. The maximum absolute atomic E-state index is 5.82. The molecule has 0 aromatic rings. The van der Waals surface area contributed by atoms with Crippen LogP contribution in [0.1, 0.15) is 67.2 Å². The number of hydrogen-bond donors (Lipinski definition) is 0. The summed E-state index contributed by atoms with van der Waals surface area (Å²) < 4.78 is 23.3. The zero-order valence-electron chi connectivity index (χ0n) is 17.1. The van der Waals surface area contributed by atoms with E-state index in [0.717, 1.165) is 26.4 Å². The van der Waals surface area contributed by atoms with Crippen molar-refractivity contribution >= 4 is 19.0 Å². The number of hydrogen-bond acceptors (Lipinski definition) is 4. The fraction of sp³-hybridized carbons (Fsp3) is 1.00. The molecule has 24 heavy (non-hydrogen) atoms. The molecule has 0 radical (unpaired) electrons. The Labute approximate surface area is 155 Å². The minimum Gasteiger partial charge on any atom is -0.355 e. The average molecular weight is 379 g/mol. The maximum Gasteiger partial charge on any atom is 0.142 e. The Bertz CT molecular complexity index is 250. The largest absolute Gasteiger partial charge is 0.355 e. The van der Waals surface area contributed by atoms with Crippen LogP contribution in [0.5, 0.6) is 0 Å². The molecule has 0 fully saturated rings. The quantitative estimate of drug-likeness (QED) is 0.221. The molecule has 0 unspecified atom stereocenters. The summed E-state index contributed by atoms with van der Waals surface area (Å²) in [6.07, 6.45) is 5.29. The highest BCUT2D eigenvalue weighted by Gasteiger charge is 2.25. The zero-order chi connectivity index (χ0) is 18.3. The monoisotopic (exact) mass is 378 g/mol. The fourth-order valence-electron chi connectivity index (χ4n) is 3.19. The van der Waals surface area contributed by atoms with Crippen LogP contribution in [0.3, 0.4) is 0 Å². The van der Waals surface area contributed by atoms with Crippen molar-refractivity contribution in [2.75, 3.05) is 26.4 Å². The predicted molar refractivity (Wildman–Crippen MR) is 108 cm³/mol. The molecular weight excluding hydrogens is 336 g/mol. The molecule has 0 aromatic carbocycles. The van der Waals surface area contributed by atoms with Crippen LogP contribution in [0.2, 0.25) is 12.1 Å². The maximum atomic E-state index is 5.82. The van der Waals surface area contributed by atoms with Crippen molar-refractivity contribution in [2.24, 2.45) is 0 Å². The van der Waals surface area contributed by atoms with Gasteiger partial charge in [-0.3, -0.25) is 0 Å². The van der Waals surface area contributed by atoms with E-state index in [1.54, 1.807) is 0 Å². The third kappa shape index (κ3) is 11.8. The van der Waals surface area contributed by atoms with Gasteiger partial charge in [-0.1, -0.05) is 37.8 Å². The van der Waals surface area contributed by atoms with E-state index in [2.05, 4.69) is 13.8 Å². The molecule has 0 saturated carbocycles. The minimum atomic E-state index is -0.345. The Kier molecular flexibility index (Phi) is 14.6. The molecule has 0 saturated heterocycles. The fourth-order valence-corrected chi connectivity index (χ4v) is 7.08. The molecule has 4 nitrogen and oxygen atoms in total. The van der Waals surface area contributed by atoms with Crippen LogP contribution in [0.4, 0.5) is 0 Å². The third-order valence-electron chi connectivity index (χ3n) is 4.31. The molecule has 0 rings (SSSR count). The second-order valence-electron chi connectivity index (χ2n) is 6.62. The molecule has 146 valence electrons. The van der Waals surface area contributed by atoms with E-state index in [1.165, 1.54) is 37.8 Å². The lowest BCUT2D eigenvalue weighted by molar-refractivity contribution is -0.163. The number of rotatable bonds is 17. The van der Waals surface area contributed by atoms with Crippen LogP contribution in [-0.4, -0.2) is 56.3 Å². The van der Waals surface area contributed by atoms with Crippen LogP contribution >= 0.6 is 0 Å². The Hall–Kier alpha value is 0.274. The summed E-state index contributed by atoms with van der Waals surface area (Å²) in [6.45, 7) is 15.4. The Morgan fingerprint density at radius 2 is 0.833 bits per heavy atom. The van der Waals surface area contributed by atoms with Gasteiger partial charge in [0.25, 0.3) is 0 Å². The number of unbranched alkanes of at least 4 members (excludes halogenated alkanes) is 3. The molecule has 0 aliphatic heterocycles. The smallest absolute Gasteiger partial charge is 0.142 e. The minimum absolute atomic E-state index is 0.257. The second-order valence-corrected chi connectivity index (χ2v) is 11.6. The van der Waals surface area contributed by atoms with Crippen LogP contribution < -0.4 is 0 Å². The van der Waals surface area contributed by atoms with E-state index in [-0.39, 0.29) is 29.9 Å². The van der Waals surface area contributed by atoms with Crippen molar-refractivity contribution in [3.63, 3.8) is 0 Å². The van der Waals surface area contributed by atoms with Crippen molar-refractivity contribution in [3.05, 3.63) is 0 Å². The molecule has 0 aliphatic carbocycles. The van der Waals surface area contributed by atoms with E-state index in [9.17, 15) is 0 Å². The summed E-state index contributed by atoms with van der Waals surface area (Å²) in [6, 6.07) is 2.62. The van der Waals surface area contributed by atoms with Gasteiger partial charge in [0.15, 0.2) is 0 Å². The van der Waals surface area contributed by atoms with Crippen LogP contribution in [0.25, 0.3) is 0 Å². The van der Waals surface area contributed by atoms with Gasteiger partial charge in [-0.2, -0.15) is 0 Å².